The molecule has 0 aliphatic rings. The van der Waals surface area contributed by atoms with E-state index in [-0.39, 0.29) is 5.70 Å². The molecule has 122 valence electrons. The first kappa shape index (κ1) is 17.0. The third-order valence-electron chi connectivity index (χ3n) is 3.07. The lowest BCUT2D eigenvalue weighted by molar-refractivity contribution is -0.132. The van der Waals surface area contributed by atoms with Crippen molar-refractivity contribution in [2.75, 3.05) is 6.61 Å². The molecule has 0 aliphatic heterocycles. The number of rotatable bonds is 7. The molecule has 0 aromatic heterocycles. The number of nitrogens with one attached hydrogen (secondary N) is 1. The summed E-state index contributed by atoms with van der Waals surface area (Å²) >= 11 is 0. The molecule has 0 saturated carbocycles. The first-order valence-corrected chi connectivity index (χ1v) is 7.25. The van der Waals surface area contributed by atoms with E-state index in [1.165, 1.54) is 6.08 Å². The molecule has 0 atom stereocenters. The Bertz CT molecular complexity index is 749. The van der Waals surface area contributed by atoms with Gasteiger partial charge in [-0.05, 0) is 35.9 Å². The van der Waals surface area contributed by atoms with Crippen LogP contribution in [0.15, 0.2) is 72.9 Å². The third kappa shape index (κ3) is 4.84. The van der Waals surface area contributed by atoms with Crippen LogP contribution < -0.4 is 10.1 Å². The van der Waals surface area contributed by atoms with Gasteiger partial charge in [-0.1, -0.05) is 43.0 Å². The van der Waals surface area contributed by atoms with Crippen LogP contribution in [0.5, 0.6) is 5.75 Å². The Kier molecular flexibility index (Phi) is 5.91. The van der Waals surface area contributed by atoms with Crippen molar-refractivity contribution in [3.8, 4) is 5.75 Å². The van der Waals surface area contributed by atoms with Gasteiger partial charge in [0, 0.05) is 5.56 Å². The number of carboxylic acid groups (broad SMARTS) is 1. The maximum atomic E-state index is 12.1. The average molecular weight is 323 g/mol. The molecule has 2 aromatic carbocycles. The topological polar surface area (TPSA) is 75.6 Å². The maximum Gasteiger partial charge on any atom is 0.352 e. The maximum absolute atomic E-state index is 12.1. The molecule has 0 unspecified atom stereocenters. The van der Waals surface area contributed by atoms with Gasteiger partial charge in [0.1, 0.15) is 18.1 Å². The molecule has 0 bridgehead atoms. The number of amides is 1. The van der Waals surface area contributed by atoms with Gasteiger partial charge in [0.05, 0.1) is 0 Å². The van der Waals surface area contributed by atoms with Gasteiger partial charge in [-0.25, -0.2) is 4.79 Å². The van der Waals surface area contributed by atoms with E-state index in [4.69, 9.17) is 4.74 Å². The zero-order valence-electron chi connectivity index (χ0n) is 12.9. The summed E-state index contributed by atoms with van der Waals surface area (Å²) in [5, 5.41) is 11.7. The van der Waals surface area contributed by atoms with Crippen molar-refractivity contribution in [3.63, 3.8) is 0 Å². The summed E-state index contributed by atoms with van der Waals surface area (Å²) in [5.74, 6) is -1.04. The Morgan fingerprint density at radius 2 is 1.75 bits per heavy atom. The van der Waals surface area contributed by atoms with Crippen molar-refractivity contribution in [2.45, 2.75) is 0 Å². The zero-order valence-corrected chi connectivity index (χ0v) is 12.9. The Morgan fingerprint density at radius 3 is 2.33 bits per heavy atom. The summed E-state index contributed by atoms with van der Waals surface area (Å²) in [6.07, 6.45) is 3.02. The normalized spacial score (nSPS) is 10.8. The van der Waals surface area contributed by atoms with Crippen LogP contribution in [0.2, 0.25) is 0 Å². The van der Waals surface area contributed by atoms with Gasteiger partial charge in [-0.2, -0.15) is 0 Å². The lowest BCUT2D eigenvalue weighted by atomic mass is 10.1. The van der Waals surface area contributed by atoms with E-state index in [0.717, 1.165) is 0 Å². The van der Waals surface area contributed by atoms with Crippen LogP contribution in [-0.4, -0.2) is 23.6 Å². The molecule has 0 aliphatic carbocycles. The minimum atomic E-state index is -1.22. The number of benzene rings is 2. The van der Waals surface area contributed by atoms with Crippen molar-refractivity contribution in [1.82, 2.24) is 5.32 Å². The fourth-order valence-electron chi connectivity index (χ4n) is 1.92. The molecule has 0 heterocycles. The fourth-order valence-corrected chi connectivity index (χ4v) is 1.92. The molecule has 24 heavy (non-hydrogen) atoms. The number of ether oxygens (including phenoxy) is 1. The van der Waals surface area contributed by atoms with Gasteiger partial charge in [0.2, 0.25) is 0 Å². The molecule has 2 N–H and O–H groups in total. The van der Waals surface area contributed by atoms with Crippen LogP contribution in [0.25, 0.3) is 6.08 Å². The molecule has 5 nitrogen and oxygen atoms in total. The lowest BCUT2D eigenvalue weighted by Gasteiger charge is -2.07. The molecular formula is C19H17NO4. The molecule has 0 fully saturated rings. The second-order valence-corrected chi connectivity index (χ2v) is 4.85. The van der Waals surface area contributed by atoms with Gasteiger partial charge in [-0.15, -0.1) is 0 Å². The number of carbonyl (C=O) groups excluding carboxylic acids is 1. The number of hydrogen-bond donors (Lipinski definition) is 2. The lowest BCUT2D eigenvalue weighted by Crippen LogP contribution is -2.27. The highest BCUT2D eigenvalue weighted by molar-refractivity contribution is 6.02. The second-order valence-electron chi connectivity index (χ2n) is 4.85. The molecule has 0 spiro atoms. The Labute approximate surface area is 139 Å². The van der Waals surface area contributed by atoms with Crippen molar-refractivity contribution < 1.29 is 19.4 Å². The summed E-state index contributed by atoms with van der Waals surface area (Å²) in [7, 11) is 0. The van der Waals surface area contributed by atoms with E-state index in [0.29, 0.717) is 23.5 Å². The van der Waals surface area contributed by atoms with E-state index in [1.807, 2.05) is 0 Å². The van der Waals surface area contributed by atoms with Crippen LogP contribution in [-0.2, 0) is 4.79 Å². The molecule has 5 heteroatoms. The van der Waals surface area contributed by atoms with Crippen LogP contribution in [0.1, 0.15) is 15.9 Å². The average Bonchev–Trinajstić information content (AvgIpc) is 2.61. The molecule has 0 radical (unpaired) electrons. The molecule has 0 saturated heterocycles. The molecule has 2 aromatic rings. The van der Waals surface area contributed by atoms with Crippen LogP contribution >= 0.6 is 0 Å². The first-order valence-electron chi connectivity index (χ1n) is 7.25. The second kappa shape index (κ2) is 8.33. The van der Waals surface area contributed by atoms with E-state index in [9.17, 15) is 14.7 Å². The minimum Gasteiger partial charge on any atom is -0.490 e. The van der Waals surface area contributed by atoms with Crippen molar-refractivity contribution >= 4 is 18.0 Å². The third-order valence-corrected chi connectivity index (χ3v) is 3.07. The SMILES string of the molecule is C=CCOc1ccc(/C=C(/NC(=O)c2ccccc2)C(=O)O)cc1. The van der Waals surface area contributed by atoms with Gasteiger partial charge < -0.3 is 15.2 Å². The minimum absolute atomic E-state index is 0.205. The quantitative estimate of drug-likeness (QED) is 0.606. The van der Waals surface area contributed by atoms with Gasteiger partial charge in [-0.3, -0.25) is 4.79 Å². The highest BCUT2D eigenvalue weighted by Crippen LogP contribution is 2.14. The van der Waals surface area contributed by atoms with Gasteiger partial charge in [0.25, 0.3) is 5.91 Å². The van der Waals surface area contributed by atoms with Crippen molar-refractivity contribution in [2.24, 2.45) is 0 Å². The van der Waals surface area contributed by atoms with E-state index >= 15 is 0 Å². The Balaban J connectivity index is 2.14. The summed E-state index contributed by atoms with van der Waals surface area (Å²) < 4.78 is 5.36. The monoisotopic (exact) mass is 323 g/mol. The summed E-state index contributed by atoms with van der Waals surface area (Å²) in [4.78, 5) is 23.4. The van der Waals surface area contributed by atoms with Crippen LogP contribution in [0.3, 0.4) is 0 Å². The Morgan fingerprint density at radius 1 is 1.08 bits per heavy atom. The molecule has 1 amide bonds. The van der Waals surface area contributed by atoms with Crippen molar-refractivity contribution in [3.05, 3.63) is 84.1 Å². The summed E-state index contributed by atoms with van der Waals surface area (Å²) in [6, 6.07) is 15.3. The van der Waals surface area contributed by atoms with E-state index in [1.54, 1.807) is 60.7 Å². The summed E-state index contributed by atoms with van der Waals surface area (Å²) in [6.45, 7) is 3.96. The number of carbonyl (C=O) groups is 2. The van der Waals surface area contributed by atoms with Gasteiger partial charge >= 0.3 is 5.97 Å². The standard InChI is InChI=1S/C19H17NO4/c1-2-12-24-16-10-8-14(9-11-16)13-17(19(22)23)20-18(21)15-6-4-3-5-7-15/h2-11,13H,1,12H2,(H,20,21)(H,22,23)/b17-13+. The van der Waals surface area contributed by atoms with E-state index < -0.39 is 11.9 Å². The van der Waals surface area contributed by atoms with Gasteiger partial charge in [0.15, 0.2) is 0 Å². The fraction of sp³-hybridized carbons (Fsp3) is 0.0526. The number of aliphatic carboxylic acids is 1. The van der Waals surface area contributed by atoms with E-state index in [2.05, 4.69) is 11.9 Å². The predicted molar refractivity (Wildman–Crippen MR) is 91.7 cm³/mol. The van der Waals surface area contributed by atoms with Crippen LogP contribution in [0, 0.1) is 0 Å². The number of hydrogen-bond acceptors (Lipinski definition) is 3. The largest absolute Gasteiger partial charge is 0.490 e. The molecular weight excluding hydrogens is 306 g/mol. The molecule has 2 rings (SSSR count). The number of carboxylic acids is 1. The van der Waals surface area contributed by atoms with Crippen LogP contribution in [0.4, 0.5) is 0 Å². The first-order chi connectivity index (χ1) is 11.6. The summed E-state index contributed by atoms with van der Waals surface area (Å²) in [5.41, 5.74) is 0.813. The zero-order chi connectivity index (χ0) is 17.4. The smallest absolute Gasteiger partial charge is 0.352 e. The predicted octanol–water partition coefficient (Wildman–Crippen LogP) is 3.11. The van der Waals surface area contributed by atoms with Crippen molar-refractivity contribution in [1.29, 1.82) is 0 Å². The highest BCUT2D eigenvalue weighted by Gasteiger charge is 2.13. The highest BCUT2D eigenvalue weighted by atomic mass is 16.5. The Hall–Kier alpha value is -3.34.